The van der Waals surface area contributed by atoms with Crippen molar-refractivity contribution in [2.75, 3.05) is 93.6 Å². The third-order valence-corrected chi connectivity index (χ3v) is 10.4. The standard InChI is InChI=1S/C35H60N4/c1-36(24-28-38(3,29-25-36)32-34-18-12-10-13-19-34)22-16-8-6-5-7-9-17-23-37(2)26-30-39(4,31-27-37)33-35-20-14-11-15-21-35/h10-15,18-21H,5-9,16-17,22-33H2,1-4H3/q+4. The summed E-state index contributed by atoms with van der Waals surface area (Å²) in [7, 11) is 9.96. The van der Waals surface area contributed by atoms with Crippen LogP contribution in [-0.2, 0) is 13.1 Å². The van der Waals surface area contributed by atoms with Gasteiger partial charge in [0.15, 0.2) is 0 Å². The van der Waals surface area contributed by atoms with Crippen molar-refractivity contribution < 1.29 is 17.9 Å². The van der Waals surface area contributed by atoms with Crippen molar-refractivity contribution >= 4 is 0 Å². The molecular formula is C35H60N4+4. The molecule has 2 heterocycles. The zero-order valence-electron chi connectivity index (χ0n) is 26.0. The van der Waals surface area contributed by atoms with Crippen LogP contribution >= 0.6 is 0 Å². The molecule has 4 rings (SSSR count). The van der Waals surface area contributed by atoms with Gasteiger partial charge in [0.2, 0.25) is 0 Å². The Morgan fingerprint density at radius 3 is 1.00 bits per heavy atom. The SMILES string of the molecule is C[N+]1(CCCCCCCCC[N+]2(C)CC[N+](C)(Cc3ccccc3)CC2)CC[N+](C)(Cc2ccccc2)CC1. The number of rotatable bonds is 14. The third kappa shape index (κ3) is 9.70. The zero-order valence-corrected chi connectivity index (χ0v) is 26.0. The summed E-state index contributed by atoms with van der Waals surface area (Å²) in [6.07, 6.45) is 9.98. The minimum atomic E-state index is 1.19. The molecule has 0 bridgehead atoms. The number of quaternary nitrogens is 4. The van der Waals surface area contributed by atoms with Gasteiger partial charge in [-0.25, -0.2) is 0 Å². The van der Waals surface area contributed by atoms with Crippen LogP contribution in [0.2, 0.25) is 0 Å². The highest BCUT2D eigenvalue weighted by Crippen LogP contribution is 2.22. The Bertz CT molecular complexity index is 877. The summed E-state index contributed by atoms with van der Waals surface area (Å²) in [6, 6.07) is 22.2. The number of benzene rings is 2. The van der Waals surface area contributed by atoms with E-state index in [0.717, 1.165) is 0 Å². The molecule has 4 nitrogen and oxygen atoms in total. The van der Waals surface area contributed by atoms with Gasteiger partial charge in [-0.2, -0.15) is 0 Å². The monoisotopic (exact) mass is 536 g/mol. The van der Waals surface area contributed by atoms with E-state index in [1.54, 1.807) is 0 Å². The van der Waals surface area contributed by atoms with E-state index >= 15 is 0 Å². The summed E-state index contributed by atoms with van der Waals surface area (Å²) in [5.41, 5.74) is 2.98. The number of hydrogen-bond acceptors (Lipinski definition) is 0. The van der Waals surface area contributed by atoms with Crippen molar-refractivity contribution in [3.63, 3.8) is 0 Å². The average molecular weight is 537 g/mol. The highest BCUT2D eigenvalue weighted by atomic mass is 15.5. The topological polar surface area (TPSA) is 0 Å². The predicted octanol–water partition coefficient (Wildman–Crippen LogP) is 5.93. The molecule has 2 fully saturated rings. The molecule has 0 aromatic heterocycles. The quantitative estimate of drug-likeness (QED) is 0.207. The second-order valence-electron chi connectivity index (χ2n) is 14.5. The smallest absolute Gasteiger partial charge is 0.129 e. The molecular weight excluding hydrogens is 476 g/mol. The van der Waals surface area contributed by atoms with Gasteiger partial charge in [-0.05, 0) is 25.7 Å². The van der Waals surface area contributed by atoms with Crippen LogP contribution in [0.15, 0.2) is 60.7 Å². The van der Waals surface area contributed by atoms with Gasteiger partial charge in [0, 0.05) is 11.1 Å². The second-order valence-corrected chi connectivity index (χ2v) is 14.5. The van der Waals surface area contributed by atoms with Crippen LogP contribution in [0.3, 0.4) is 0 Å². The lowest BCUT2D eigenvalue weighted by Gasteiger charge is -2.46. The van der Waals surface area contributed by atoms with Gasteiger partial charge < -0.3 is 17.9 Å². The minimum Gasteiger partial charge on any atom is -0.317 e. The van der Waals surface area contributed by atoms with Crippen molar-refractivity contribution in [3.05, 3.63) is 71.8 Å². The molecule has 2 aromatic rings. The van der Waals surface area contributed by atoms with E-state index in [2.05, 4.69) is 88.9 Å². The zero-order chi connectivity index (χ0) is 27.7. The van der Waals surface area contributed by atoms with Crippen LogP contribution in [0.5, 0.6) is 0 Å². The maximum Gasteiger partial charge on any atom is 0.129 e. The lowest BCUT2D eigenvalue weighted by atomic mass is 10.1. The minimum absolute atomic E-state index is 1.19. The van der Waals surface area contributed by atoms with E-state index in [1.165, 1.54) is 153 Å². The molecule has 39 heavy (non-hydrogen) atoms. The Balaban J connectivity index is 1.02. The molecule has 216 valence electrons. The third-order valence-electron chi connectivity index (χ3n) is 10.4. The van der Waals surface area contributed by atoms with Gasteiger partial charge in [-0.15, -0.1) is 0 Å². The summed E-state index contributed by atoms with van der Waals surface area (Å²) in [5, 5.41) is 0. The Morgan fingerprint density at radius 2 is 0.667 bits per heavy atom. The van der Waals surface area contributed by atoms with Gasteiger partial charge in [0.25, 0.3) is 0 Å². The van der Waals surface area contributed by atoms with Crippen LogP contribution in [0.4, 0.5) is 0 Å². The van der Waals surface area contributed by atoms with E-state index in [9.17, 15) is 0 Å². The van der Waals surface area contributed by atoms with Crippen molar-refractivity contribution in [2.45, 2.75) is 58.0 Å². The molecule has 0 amide bonds. The molecule has 0 N–H and O–H groups in total. The van der Waals surface area contributed by atoms with Gasteiger partial charge in [-0.1, -0.05) is 79.9 Å². The first kappa shape index (κ1) is 30.2. The summed E-state index contributed by atoms with van der Waals surface area (Å²) in [6.45, 7) is 15.7. The number of likely N-dealkylation sites (N-methyl/N-ethyl adjacent to an activating group) is 4. The Kier molecular flexibility index (Phi) is 10.7. The Hall–Kier alpha value is -1.72. The molecule has 2 saturated heterocycles. The summed E-state index contributed by atoms with van der Waals surface area (Å²) in [5.74, 6) is 0. The number of unbranched alkanes of at least 4 members (excludes halogenated alkanes) is 6. The first-order valence-electron chi connectivity index (χ1n) is 16.1. The summed E-state index contributed by atoms with van der Waals surface area (Å²) in [4.78, 5) is 0. The average Bonchev–Trinajstić information content (AvgIpc) is 2.93. The highest BCUT2D eigenvalue weighted by molar-refractivity contribution is 5.14. The van der Waals surface area contributed by atoms with E-state index in [-0.39, 0.29) is 0 Å². The van der Waals surface area contributed by atoms with E-state index in [1.807, 2.05) is 0 Å². The van der Waals surface area contributed by atoms with Crippen molar-refractivity contribution in [2.24, 2.45) is 0 Å². The van der Waals surface area contributed by atoms with Gasteiger partial charge >= 0.3 is 0 Å². The van der Waals surface area contributed by atoms with E-state index in [4.69, 9.17) is 0 Å². The normalized spacial score (nSPS) is 31.3. The molecule has 0 radical (unpaired) electrons. The van der Waals surface area contributed by atoms with Crippen LogP contribution in [0.25, 0.3) is 0 Å². The second kappa shape index (κ2) is 13.8. The lowest BCUT2D eigenvalue weighted by Crippen LogP contribution is -2.63. The maximum absolute atomic E-state index is 2.51. The Morgan fingerprint density at radius 1 is 0.385 bits per heavy atom. The fraction of sp³-hybridized carbons (Fsp3) is 0.657. The van der Waals surface area contributed by atoms with Gasteiger partial charge in [0.1, 0.15) is 65.4 Å². The van der Waals surface area contributed by atoms with Gasteiger partial charge in [-0.3, -0.25) is 0 Å². The number of nitrogens with zero attached hydrogens (tertiary/aromatic N) is 4. The molecule has 2 aliphatic heterocycles. The fourth-order valence-corrected chi connectivity index (χ4v) is 7.06. The van der Waals surface area contributed by atoms with Crippen molar-refractivity contribution in [1.82, 2.24) is 0 Å². The fourth-order valence-electron chi connectivity index (χ4n) is 7.06. The van der Waals surface area contributed by atoms with Crippen LogP contribution in [0.1, 0.15) is 56.1 Å². The first-order chi connectivity index (χ1) is 18.7. The highest BCUT2D eigenvalue weighted by Gasteiger charge is 2.37. The van der Waals surface area contributed by atoms with Crippen LogP contribution in [-0.4, -0.2) is 112 Å². The lowest BCUT2D eigenvalue weighted by molar-refractivity contribution is -1.02. The number of hydrogen-bond donors (Lipinski definition) is 0. The molecule has 0 atom stereocenters. The Labute approximate surface area is 241 Å². The van der Waals surface area contributed by atoms with Crippen LogP contribution < -0.4 is 0 Å². The van der Waals surface area contributed by atoms with Crippen molar-refractivity contribution in [3.8, 4) is 0 Å². The predicted molar refractivity (Wildman–Crippen MR) is 166 cm³/mol. The molecule has 0 aliphatic carbocycles. The molecule has 0 spiro atoms. The summed E-state index contributed by atoms with van der Waals surface area (Å²) < 4.78 is 5.01. The van der Waals surface area contributed by atoms with E-state index < -0.39 is 0 Å². The number of piperazine rings is 2. The van der Waals surface area contributed by atoms with Gasteiger partial charge in [0.05, 0.1) is 41.3 Å². The molecule has 4 heteroatoms. The van der Waals surface area contributed by atoms with Crippen LogP contribution in [0, 0.1) is 0 Å². The summed E-state index contributed by atoms with van der Waals surface area (Å²) >= 11 is 0. The molecule has 2 aromatic carbocycles. The molecule has 0 unspecified atom stereocenters. The molecule has 0 saturated carbocycles. The first-order valence-corrected chi connectivity index (χ1v) is 16.1. The molecule has 2 aliphatic rings. The largest absolute Gasteiger partial charge is 0.317 e. The maximum atomic E-state index is 2.51. The van der Waals surface area contributed by atoms with Crippen molar-refractivity contribution in [1.29, 1.82) is 0 Å². The van der Waals surface area contributed by atoms with E-state index in [0.29, 0.717) is 0 Å².